The van der Waals surface area contributed by atoms with E-state index >= 15 is 0 Å². The molecule has 8 nitrogen and oxygen atoms in total. The summed E-state index contributed by atoms with van der Waals surface area (Å²) >= 11 is 0. The summed E-state index contributed by atoms with van der Waals surface area (Å²) in [6.45, 7) is 4.62. The fourth-order valence-corrected chi connectivity index (χ4v) is 8.58. The third kappa shape index (κ3) is 48.4. The van der Waals surface area contributed by atoms with Crippen LogP contribution < -0.4 is 10.2 Å². The number of hydrogen-bond donors (Lipinski definition) is 2. The van der Waals surface area contributed by atoms with Crippen molar-refractivity contribution in [2.45, 2.75) is 257 Å². The number of aliphatic hydroxyl groups is 1. The summed E-state index contributed by atoms with van der Waals surface area (Å²) < 4.78 is 23.4. The van der Waals surface area contributed by atoms with E-state index in [4.69, 9.17) is 9.05 Å². The molecule has 0 spiro atoms. The van der Waals surface area contributed by atoms with Crippen LogP contribution in [0.5, 0.6) is 0 Å². The number of amides is 1. The highest BCUT2D eigenvalue weighted by atomic mass is 31.2. The molecule has 0 aromatic carbocycles. The fourth-order valence-electron chi connectivity index (χ4n) is 7.86. The van der Waals surface area contributed by atoms with Crippen LogP contribution in [-0.4, -0.2) is 68.5 Å². The van der Waals surface area contributed by atoms with E-state index in [0.717, 1.165) is 64.2 Å². The molecule has 0 fully saturated rings. The van der Waals surface area contributed by atoms with Crippen molar-refractivity contribution in [2.24, 2.45) is 0 Å². The van der Waals surface area contributed by atoms with E-state index < -0.39 is 20.0 Å². The smallest absolute Gasteiger partial charge is 0.268 e. The van der Waals surface area contributed by atoms with E-state index in [2.05, 4.69) is 67.8 Å². The third-order valence-corrected chi connectivity index (χ3v) is 13.0. The summed E-state index contributed by atoms with van der Waals surface area (Å²) in [5.41, 5.74) is 0. The van der Waals surface area contributed by atoms with Gasteiger partial charge in [0.15, 0.2) is 0 Å². The Kier molecular flexibility index (Phi) is 45.4. The van der Waals surface area contributed by atoms with Gasteiger partial charge < -0.3 is 28.8 Å². The number of allylic oxidation sites excluding steroid dienone is 8. The van der Waals surface area contributed by atoms with Gasteiger partial charge in [-0.15, -0.1) is 0 Å². The lowest BCUT2D eigenvalue weighted by atomic mass is 10.0. The highest BCUT2D eigenvalue weighted by molar-refractivity contribution is 7.45. The molecule has 0 aromatic rings. The normalized spacial score (nSPS) is 14.4. The maximum atomic E-state index is 13.0. The van der Waals surface area contributed by atoms with Crippen molar-refractivity contribution in [1.29, 1.82) is 0 Å². The van der Waals surface area contributed by atoms with Crippen LogP contribution in [0.25, 0.3) is 0 Å². The predicted octanol–water partition coefficient (Wildman–Crippen LogP) is 15.3. The van der Waals surface area contributed by atoms with Gasteiger partial charge in [0.05, 0.1) is 39.9 Å². The van der Waals surface area contributed by atoms with Crippen LogP contribution in [-0.2, 0) is 18.4 Å². The van der Waals surface area contributed by atoms with E-state index in [-0.39, 0.29) is 19.1 Å². The van der Waals surface area contributed by atoms with Crippen molar-refractivity contribution in [3.63, 3.8) is 0 Å². The molecule has 0 rings (SSSR count). The standard InChI is InChI=1S/C55H105N2O6P/c1-6-8-10-12-14-16-18-20-22-23-24-25-26-27-28-29-30-31-32-33-35-37-39-41-43-45-47-49-55(59)56-53(52-63-64(60,61)62-51-50-57(3,4)5)54(58)48-46-44-42-40-38-36-34-21-19-17-15-13-11-9-7-2/h8,10,14,16,20,22,24-25,53-54,58H,6-7,9,11-13,15,17-19,21,23,26-52H2,1-5H3,(H-,56,59,60,61)/b10-8-,16-14-,22-20-,25-24-. The van der Waals surface area contributed by atoms with E-state index in [9.17, 15) is 19.4 Å². The minimum Gasteiger partial charge on any atom is -0.756 e. The number of phosphoric acid groups is 1. The van der Waals surface area contributed by atoms with Crippen LogP contribution in [0.2, 0.25) is 0 Å². The molecule has 9 heteroatoms. The average Bonchev–Trinajstić information content (AvgIpc) is 3.25. The predicted molar refractivity (Wildman–Crippen MR) is 274 cm³/mol. The number of hydrogen-bond acceptors (Lipinski definition) is 6. The maximum absolute atomic E-state index is 13.0. The minimum absolute atomic E-state index is 0.0119. The molecule has 1 amide bonds. The average molecular weight is 921 g/mol. The second kappa shape index (κ2) is 46.6. The van der Waals surface area contributed by atoms with Crippen LogP contribution >= 0.6 is 7.82 Å². The van der Waals surface area contributed by atoms with Gasteiger partial charge >= 0.3 is 0 Å². The first-order chi connectivity index (χ1) is 31.0. The molecule has 0 saturated carbocycles. The van der Waals surface area contributed by atoms with Crippen molar-refractivity contribution >= 4 is 13.7 Å². The SMILES string of the molecule is CC/C=C\C/C=C\C/C=C\C/C=C\CCCCCCCCCCCCCCCCC(=O)NC(COP(=O)([O-])OCC[N+](C)(C)C)C(O)CCCCCCCCCCCCCCCCC. The van der Waals surface area contributed by atoms with Crippen LogP contribution in [0.4, 0.5) is 0 Å². The van der Waals surface area contributed by atoms with Gasteiger partial charge in [-0.3, -0.25) is 9.36 Å². The van der Waals surface area contributed by atoms with Gasteiger partial charge in [0.1, 0.15) is 13.2 Å². The molecule has 0 aliphatic carbocycles. The van der Waals surface area contributed by atoms with Crippen molar-refractivity contribution < 1.29 is 32.9 Å². The molecule has 0 radical (unpaired) electrons. The highest BCUT2D eigenvalue weighted by Crippen LogP contribution is 2.38. The van der Waals surface area contributed by atoms with Crippen LogP contribution in [0.15, 0.2) is 48.6 Å². The number of nitrogens with one attached hydrogen (secondary N) is 1. The second-order valence-electron chi connectivity index (χ2n) is 19.6. The lowest BCUT2D eigenvalue weighted by Crippen LogP contribution is -2.46. The molecule has 3 atom stereocenters. The number of aliphatic hydroxyl groups excluding tert-OH is 1. The first-order valence-electron chi connectivity index (χ1n) is 27.0. The van der Waals surface area contributed by atoms with Gasteiger partial charge in [0.2, 0.25) is 5.91 Å². The Balaban J connectivity index is 4.14. The number of carbonyl (C=O) groups is 1. The van der Waals surface area contributed by atoms with Gasteiger partial charge in [-0.25, -0.2) is 0 Å². The van der Waals surface area contributed by atoms with Gasteiger partial charge in [-0.2, -0.15) is 0 Å². The largest absolute Gasteiger partial charge is 0.756 e. The Morgan fingerprint density at radius 3 is 1.39 bits per heavy atom. The number of rotatable bonds is 49. The summed E-state index contributed by atoms with van der Waals surface area (Å²) in [4.78, 5) is 25.5. The number of quaternary nitrogens is 1. The van der Waals surface area contributed by atoms with Crippen LogP contribution in [0.3, 0.4) is 0 Å². The van der Waals surface area contributed by atoms with Crippen molar-refractivity contribution in [2.75, 3.05) is 40.9 Å². The molecular formula is C55H105N2O6P. The van der Waals surface area contributed by atoms with Crippen LogP contribution in [0.1, 0.15) is 245 Å². The van der Waals surface area contributed by atoms with Crippen molar-refractivity contribution in [3.8, 4) is 0 Å². The number of carbonyl (C=O) groups excluding carboxylic acids is 1. The molecule has 0 bridgehead atoms. The Labute approximate surface area is 397 Å². The molecule has 0 aliphatic heterocycles. The number of nitrogens with zero attached hydrogens (tertiary/aromatic N) is 1. The molecule has 3 unspecified atom stereocenters. The van der Waals surface area contributed by atoms with Crippen molar-refractivity contribution in [3.05, 3.63) is 48.6 Å². The molecule has 0 aromatic heterocycles. The fraction of sp³-hybridized carbons (Fsp3) is 0.836. The summed E-state index contributed by atoms with van der Waals surface area (Å²) in [5.74, 6) is -0.165. The van der Waals surface area contributed by atoms with Gasteiger partial charge in [0, 0.05) is 6.42 Å². The molecule has 2 N–H and O–H groups in total. The first kappa shape index (κ1) is 62.5. The van der Waals surface area contributed by atoms with E-state index in [1.807, 2.05) is 21.1 Å². The van der Waals surface area contributed by atoms with Gasteiger partial charge in [-0.05, 0) is 51.4 Å². The van der Waals surface area contributed by atoms with Crippen LogP contribution in [0, 0.1) is 0 Å². The van der Waals surface area contributed by atoms with Gasteiger partial charge in [0.25, 0.3) is 7.82 Å². The zero-order chi connectivity index (χ0) is 47.1. The zero-order valence-corrected chi connectivity index (χ0v) is 43.6. The van der Waals surface area contributed by atoms with E-state index in [1.54, 1.807) is 0 Å². The third-order valence-electron chi connectivity index (χ3n) is 12.1. The second-order valence-corrected chi connectivity index (χ2v) is 21.0. The Hall–Kier alpha value is -1.54. The summed E-state index contributed by atoms with van der Waals surface area (Å²) in [7, 11) is 1.31. The molecule has 0 aliphatic rings. The van der Waals surface area contributed by atoms with Gasteiger partial charge in [-0.1, -0.05) is 236 Å². The molecule has 64 heavy (non-hydrogen) atoms. The highest BCUT2D eigenvalue weighted by Gasteiger charge is 2.24. The topological polar surface area (TPSA) is 108 Å². The monoisotopic (exact) mass is 921 g/mol. The Morgan fingerprint density at radius 1 is 0.562 bits per heavy atom. The Morgan fingerprint density at radius 2 is 0.953 bits per heavy atom. The molecule has 376 valence electrons. The quantitative estimate of drug-likeness (QED) is 0.0272. The summed E-state index contributed by atoms with van der Waals surface area (Å²) in [5, 5.41) is 14.0. The Bertz CT molecular complexity index is 1180. The molecule has 0 heterocycles. The van der Waals surface area contributed by atoms with Crippen molar-refractivity contribution in [1.82, 2.24) is 5.32 Å². The number of unbranched alkanes of at least 4 members (excludes halogenated alkanes) is 28. The molecule has 0 saturated heterocycles. The number of likely N-dealkylation sites (N-methyl/N-ethyl adjacent to an activating group) is 1. The summed E-state index contributed by atoms with van der Waals surface area (Å²) in [6.07, 6.45) is 59.9. The lowest BCUT2D eigenvalue weighted by molar-refractivity contribution is -0.870. The lowest BCUT2D eigenvalue weighted by Gasteiger charge is -2.30. The molecular weight excluding hydrogens is 816 g/mol. The first-order valence-corrected chi connectivity index (χ1v) is 28.4. The number of phosphoric ester groups is 1. The maximum Gasteiger partial charge on any atom is 0.268 e. The summed E-state index contributed by atoms with van der Waals surface area (Å²) in [6, 6.07) is -0.801. The zero-order valence-electron chi connectivity index (χ0n) is 42.7. The van der Waals surface area contributed by atoms with E-state index in [1.165, 1.54) is 154 Å². The van der Waals surface area contributed by atoms with E-state index in [0.29, 0.717) is 23.9 Å². The minimum atomic E-state index is -4.57.